The van der Waals surface area contributed by atoms with Crippen LogP contribution < -0.4 is 4.74 Å². The molecule has 6 nitrogen and oxygen atoms in total. The number of ketones is 1. The first-order valence-electron chi connectivity index (χ1n) is 9.42. The van der Waals surface area contributed by atoms with E-state index in [0.717, 1.165) is 27.3 Å². The van der Waals surface area contributed by atoms with Crippen molar-refractivity contribution in [1.29, 1.82) is 0 Å². The molecule has 0 bridgehead atoms. The molecule has 0 fully saturated rings. The van der Waals surface area contributed by atoms with Crippen molar-refractivity contribution in [3.05, 3.63) is 77.1 Å². The highest BCUT2D eigenvalue weighted by molar-refractivity contribution is 7.12. The molecule has 0 aliphatic heterocycles. The van der Waals surface area contributed by atoms with Gasteiger partial charge < -0.3 is 9.47 Å². The van der Waals surface area contributed by atoms with Crippen LogP contribution in [0.15, 0.2) is 60.1 Å². The van der Waals surface area contributed by atoms with E-state index in [1.165, 1.54) is 11.3 Å². The molecule has 0 N–H and O–H groups in total. The number of carbonyl (C=O) groups is 2. The van der Waals surface area contributed by atoms with Gasteiger partial charge in [0.15, 0.2) is 18.3 Å². The minimum Gasteiger partial charge on any atom is -0.482 e. The molecule has 0 aliphatic carbocycles. The molecular weight excluding hydrogens is 400 g/mol. The van der Waals surface area contributed by atoms with Crippen molar-refractivity contribution in [2.75, 3.05) is 13.2 Å². The minimum atomic E-state index is -0.592. The van der Waals surface area contributed by atoms with E-state index in [1.54, 1.807) is 18.3 Å². The Hall–Kier alpha value is -3.45. The van der Waals surface area contributed by atoms with E-state index in [1.807, 2.05) is 60.2 Å². The number of hydrogen-bond acceptors (Lipinski definition) is 6. The monoisotopic (exact) mass is 420 g/mol. The number of carbonyl (C=O) groups excluding carboxylic acids is 2. The van der Waals surface area contributed by atoms with Gasteiger partial charge in [-0.05, 0) is 42.8 Å². The van der Waals surface area contributed by atoms with Gasteiger partial charge in [-0.2, -0.15) is 0 Å². The summed E-state index contributed by atoms with van der Waals surface area (Å²) >= 11 is 1.49. The number of nitrogens with zero attached hydrogens (tertiary/aromatic N) is 2. The smallest absolute Gasteiger partial charge is 0.344 e. The van der Waals surface area contributed by atoms with Gasteiger partial charge in [0.25, 0.3) is 0 Å². The maximum absolute atomic E-state index is 12.6. The number of aryl methyl sites for hydroxylation is 1. The summed E-state index contributed by atoms with van der Waals surface area (Å²) in [6, 6.07) is 15.3. The minimum absolute atomic E-state index is 0.259. The molecule has 0 spiro atoms. The van der Waals surface area contributed by atoms with Gasteiger partial charge in [-0.3, -0.25) is 9.36 Å². The maximum atomic E-state index is 12.6. The summed E-state index contributed by atoms with van der Waals surface area (Å²) in [6.45, 7) is 3.17. The molecule has 7 heteroatoms. The Balaban J connectivity index is 1.34. The molecule has 0 amide bonds. The number of Topliss-reactive ketones (excluding diaryl/α,β-unsaturated/α-hetero) is 1. The summed E-state index contributed by atoms with van der Waals surface area (Å²) in [6.07, 6.45) is 1.72. The van der Waals surface area contributed by atoms with Crippen LogP contribution in [0.3, 0.4) is 0 Å². The van der Waals surface area contributed by atoms with Crippen LogP contribution in [0.1, 0.15) is 21.7 Å². The topological polar surface area (TPSA) is 70.4 Å². The van der Waals surface area contributed by atoms with E-state index in [2.05, 4.69) is 4.98 Å². The van der Waals surface area contributed by atoms with Gasteiger partial charge >= 0.3 is 5.97 Å². The molecule has 0 saturated heterocycles. The highest BCUT2D eigenvalue weighted by Gasteiger charge is 2.19. The molecule has 30 heavy (non-hydrogen) atoms. The molecule has 0 saturated carbocycles. The summed E-state index contributed by atoms with van der Waals surface area (Å²) in [4.78, 5) is 28.9. The molecule has 2 aromatic heterocycles. The number of thiazole rings is 1. The largest absolute Gasteiger partial charge is 0.482 e. The second-order valence-corrected chi connectivity index (χ2v) is 7.69. The van der Waals surface area contributed by atoms with Gasteiger partial charge in [0.05, 0.1) is 0 Å². The lowest BCUT2D eigenvalue weighted by Crippen LogP contribution is -2.19. The van der Waals surface area contributed by atoms with Crippen molar-refractivity contribution in [3.63, 3.8) is 0 Å². The van der Waals surface area contributed by atoms with Gasteiger partial charge in [-0.15, -0.1) is 11.3 Å². The molecule has 0 unspecified atom stereocenters. The summed E-state index contributed by atoms with van der Waals surface area (Å²) < 4.78 is 12.6. The van der Waals surface area contributed by atoms with E-state index in [9.17, 15) is 9.59 Å². The van der Waals surface area contributed by atoms with Crippen LogP contribution in [-0.2, 0) is 9.53 Å². The van der Waals surface area contributed by atoms with E-state index >= 15 is 0 Å². The normalized spacial score (nSPS) is 10.9. The number of esters is 1. The maximum Gasteiger partial charge on any atom is 0.344 e. The molecule has 0 aliphatic rings. The van der Waals surface area contributed by atoms with Gasteiger partial charge in [0.1, 0.15) is 5.75 Å². The molecule has 4 rings (SSSR count). The van der Waals surface area contributed by atoms with Crippen molar-refractivity contribution in [2.24, 2.45) is 0 Å². The van der Waals surface area contributed by atoms with E-state index < -0.39 is 5.97 Å². The first-order valence-corrected chi connectivity index (χ1v) is 10.3. The zero-order chi connectivity index (χ0) is 21.1. The lowest BCUT2D eigenvalue weighted by Gasteiger charge is -2.08. The number of ether oxygens (including phenoxy) is 2. The average molecular weight is 420 g/mol. The first kappa shape index (κ1) is 19.8. The second-order valence-electron chi connectivity index (χ2n) is 6.82. The summed E-state index contributed by atoms with van der Waals surface area (Å²) in [5, 5.41) is 4.79. The SMILES string of the molecule is Cc1cc(C(=O)COC(=O)COc2ccc3ccccc3c2)c(C)n1-c1nccs1. The summed E-state index contributed by atoms with van der Waals surface area (Å²) in [7, 11) is 0. The van der Waals surface area contributed by atoms with Crippen LogP contribution in [0.5, 0.6) is 5.75 Å². The van der Waals surface area contributed by atoms with E-state index in [4.69, 9.17) is 9.47 Å². The Labute approximate surface area is 177 Å². The number of fused-ring (bicyclic) bond motifs is 1. The van der Waals surface area contributed by atoms with Crippen molar-refractivity contribution in [1.82, 2.24) is 9.55 Å². The molecule has 2 heterocycles. The van der Waals surface area contributed by atoms with Crippen molar-refractivity contribution < 1.29 is 19.1 Å². The van der Waals surface area contributed by atoms with Crippen molar-refractivity contribution in [2.45, 2.75) is 13.8 Å². The molecule has 4 aromatic rings. The van der Waals surface area contributed by atoms with Gasteiger partial charge in [-0.25, -0.2) is 9.78 Å². The third-order valence-electron chi connectivity index (χ3n) is 4.78. The highest BCUT2D eigenvalue weighted by atomic mass is 32.1. The predicted octanol–water partition coefficient (Wildman–Crippen LogP) is 4.51. The molecular formula is C23H20N2O4S. The van der Waals surface area contributed by atoms with Crippen molar-refractivity contribution >= 4 is 33.9 Å². The zero-order valence-electron chi connectivity index (χ0n) is 16.6. The van der Waals surface area contributed by atoms with Crippen LogP contribution in [0.25, 0.3) is 15.9 Å². The average Bonchev–Trinajstić information content (AvgIpc) is 3.37. The number of rotatable bonds is 7. The number of hydrogen-bond donors (Lipinski definition) is 0. The van der Waals surface area contributed by atoms with Gasteiger partial charge in [-0.1, -0.05) is 30.3 Å². The predicted molar refractivity (Wildman–Crippen MR) is 116 cm³/mol. The quantitative estimate of drug-likeness (QED) is 0.325. The van der Waals surface area contributed by atoms with Crippen LogP contribution in [-0.4, -0.2) is 34.5 Å². The van der Waals surface area contributed by atoms with E-state index in [0.29, 0.717) is 11.3 Å². The Morgan fingerprint density at radius 2 is 1.83 bits per heavy atom. The number of benzene rings is 2. The summed E-state index contributed by atoms with van der Waals surface area (Å²) in [5.41, 5.74) is 2.19. The lowest BCUT2D eigenvalue weighted by atomic mass is 10.1. The van der Waals surface area contributed by atoms with E-state index in [-0.39, 0.29) is 19.0 Å². The van der Waals surface area contributed by atoms with Crippen LogP contribution >= 0.6 is 11.3 Å². The van der Waals surface area contributed by atoms with Crippen LogP contribution in [0, 0.1) is 13.8 Å². The molecule has 0 atom stereocenters. The summed E-state index contributed by atoms with van der Waals surface area (Å²) in [5.74, 6) is -0.279. The van der Waals surface area contributed by atoms with Crippen molar-refractivity contribution in [3.8, 4) is 10.9 Å². The molecule has 2 aromatic carbocycles. The Bertz CT molecular complexity index is 1210. The third kappa shape index (κ3) is 4.11. The van der Waals surface area contributed by atoms with Gasteiger partial charge in [0, 0.05) is 28.5 Å². The standard InChI is InChI=1S/C23H20N2O4S/c1-15-11-20(16(2)25(15)23-24-9-10-30-23)21(26)13-29-22(27)14-28-19-8-7-17-5-3-4-6-18(17)12-19/h3-12H,13-14H2,1-2H3. The zero-order valence-corrected chi connectivity index (χ0v) is 17.4. The first-order chi connectivity index (χ1) is 14.5. The molecule has 0 radical (unpaired) electrons. The second kappa shape index (κ2) is 8.51. The highest BCUT2D eigenvalue weighted by Crippen LogP contribution is 2.23. The Morgan fingerprint density at radius 1 is 1.03 bits per heavy atom. The van der Waals surface area contributed by atoms with Gasteiger partial charge in [0.2, 0.25) is 5.78 Å². The fourth-order valence-electron chi connectivity index (χ4n) is 3.33. The fourth-order valence-corrected chi connectivity index (χ4v) is 4.08. The fraction of sp³-hybridized carbons (Fsp3) is 0.174. The Morgan fingerprint density at radius 3 is 2.60 bits per heavy atom. The van der Waals surface area contributed by atoms with Crippen LogP contribution in [0.2, 0.25) is 0 Å². The molecule has 152 valence electrons. The number of aromatic nitrogens is 2. The van der Waals surface area contributed by atoms with Crippen LogP contribution in [0.4, 0.5) is 0 Å². The Kier molecular flexibility index (Phi) is 5.63. The lowest BCUT2D eigenvalue weighted by molar-refractivity contribution is -0.144. The third-order valence-corrected chi connectivity index (χ3v) is 5.54.